The molecular formula is C14H18N4O2. The fourth-order valence-electron chi connectivity index (χ4n) is 2.07. The molecular weight excluding hydrogens is 256 g/mol. The third-order valence-corrected chi connectivity index (χ3v) is 3.05. The maximum absolute atomic E-state index is 12.2. The van der Waals surface area contributed by atoms with Gasteiger partial charge in [0.15, 0.2) is 5.69 Å². The molecule has 0 aliphatic rings. The van der Waals surface area contributed by atoms with Crippen molar-refractivity contribution >= 4 is 5.91 Å². The van der Waals surface area contributed by atoms with Crippen LogP contribution in [0.3, 0.4) is 0 Å². The Labute approximate surface area is 117 Å². The van der Waals surface area contributed by atoms with Crippen LogP contribution in [0.25, 0.3) is 0 Å². The van der Waals surface area contributed by atoms with Gasteiger partial charge in [0, 0.05) is 25.6 Å². The number of carbonyl (C=O) groups is 1. The monoisotopic (exact) mass is 274 g/mol. The number of pyridine rings is 1. The van der Waals surface area contributed by atoms with Gasteiger partial charge < -0.3 is 15.0 Å². The Morgan fingerprint density at radius 2 is 2.25 bits per heavy atom. The minimum Gasteiger partial charge on any atom is -0.505 e. The largest absolute Gasteiger partial charge is 0.505 e. The summed E-state index contributed by atoms with van der Waals surface area (Å²) in [5, 5.41) is 12.5. The van der Waals surface area contributed by atoms with Gasteiger partial charge in [-0.3, -0.25) is 4.79 Å². The number of aromatic nitrogens is 3. The number of nitrogens with zero attached hydrogens (tertiary/aromatic N) is 3. The number of carbonyl (C=O) groups excluding carboxylic acids is 1. The van der Waals surface area contributed by atoms with Crippen molar-refractivity contribution in [1.82, 2.24) is 19.9 Å². The molecule has 2 aromatic rings. The van der Waals surface area contributed by atoms with E-state index in [1.807, 2.05) is 24.7 Å². The molecule has 0 saturated carbocycles. The SMILES string of the molecule is CCC[C@@H](NC(=O)c1ncccc1O)c1nccn1C. The van der Waals surface area contributed by atoms with E-state index in [0.717, 1.165) is 18.7 Å². The molecule has 0 aliphatic heterocycles. The van der Waals surface area contributed by atoms with Crippen molar-refractivity contribution in [1.29, 1.82) is 0 Å². The standard InChI is InChI=1S/C14H18N4O2/c1-3-5-10(13-16-8-9-18(13)2)17-14(20)12-11(19)6-4-7-15-12/h4,6-10,19H,3,5H2,1-2H3,(H,17,20)/t10-/m1/s1. The second-order valence-electron chi connectivity index (χ2n) is 4.58. The Morgan fingerprint density at radius 1 is 1.45 bits per heavy atom. The molecule has 20 heavy (non-hydrogen) atoms. The maximum atomic E-state index is 12.2. The molecule has 1 amide bonds. The van der Waals surface area contributed by atoms with Crippen molar-refractivity contribution in [2.75, 3.05) is 0 Å². The summed E-state index contributed by atoms with van der Waals surface area (Å²) in [6.07, 6.45) is 6.69. The summed E-state index contributed by atoms with van der Waals surface area (Å²) in [5.74, 6) is 0.264. The number of aromatic hydroxyl groups is 1. The number of imidazole rings is 1. The summed E-state index contributed by atoms with van der Waals surface area (Å²) in [6.45, 7) is 2.04. The lowest BCUT2D eigenvalue weighted by Gasteiger charge is -2.17. The summed E-state index contributed by atoms with van der Waals surface area (Å²) in [6, 6.07) is 2.82. The zero-order chi connectivity index (χ0) is 14.5. The number of aryl methyl sites for hydroxylation is 1. The van der Waals surface area contributed by atoms with Crippen LogP contribution in [0.15, 0.2) is 30.7 Å². The molecule has 0 bridgehead atoms. The normalized spacial score (nSPS) is 12.1. The zero-order valence-corrected chi connectivity index (χ0v) is 11.6. The second kappa shape index (κ2) is 6.18. The van der Waals surface area contributed by atoms with Crippen LogP contribution in [-0.2, 0) is 7.05 Å². The van der Waals surface area contributed by atoms with E-state index in [9.17, 15) is 9.90 Å². The van der Waals surface area contributed by atoms with Crippen LogP contribution in [-0.4, -0.2) is 25.5 Å². The first-order valence-corrected chi connectivity index (χ1v) is 6.55. The average molecular weight is 274 g/mol. The predicted molar refractivity (Wildman–Crippen MR) is 74.2 cm³/mol. The lowest BCUT2D eigenvalue weighted by atomic mass is 10.1. The summed E-state index contributed by atoms with van der Waals surface area (Å²) in [7, 11) is 1.88. The lowest BCUT2D eigenvalue weighted by Crippen LogP contribution is -2.30. The molecule has 0 saturated heterocycles. The summed E-state index contributed by atoms with van der Waals surface area (Å²) >= 11 is 0. The van der Waals surface area contributed by atoms with Crippen molar-refractivity contribution in [2.24, 2.45) is 7.05 Å². The van der Waals surface area contributed by atoms with Gasteiger partial charge in [0.1, 0.15) is 11.6 Å². The first-order chi connectivity index (χ1) is 9.63. The van der Waals surface area contributed by atoms with Gasteiger partial charge in [-0.2, -0.15) is 0 Å². The Kier molecular flexibility index (Phi) is 4.34. The highest BCUT2D eigenvalue weighted by Crippen LogP contribution is 2.19. The molecule has 1 atom stereocenters. The molecule has 6 nitrogen and oxygen atoms in total. The summed E-state index contributed by atoms with van der Waals surface area (Å²) in [4.78, 5) is 20.4. The Bertz CT molecular complexity index is 594. The fourth-order valence-corrected chi connectivity index (χ4v) is 2.07. The van der Waals surface area contributed by atoms with Crippen LogP contribution < -0.4 is 5.32 Å². The molecule has 6 heteroatoms. The van der Waals surface area contributed by atoms with E-state index in [1.54, 1.807) is 12.3 Å². The van der Waals surface area contributed by atoms with Gasteiger partial charge in [-0.05, 0) is 18.6 Å². The number of nitrogens with one attached hydrogen (secondary N) is 1. The number of hydrogen-bond acceptors (Lipinski definition) is 4. The van der Waals surface area contributed by atoms with E-state index in [0.29, 0.717) is 0 Å². The molecule has 0 aromatic carbocycles. The van der Waals surface area contributed by atoms with Crippen LogP contribution >= 0.6 is 0 Å². The van der Waals surface area contributed by atoms with Crippen molar-refractivity contribution in [3.63, 3.8) is 0 Å². The molecule has 0 spiro atoms. The van der Waals surface area contributed by atoms with E-state index >= 15 is 0 Å². The van der Waals surface area contributed by atoms with Crippen LogP contribution in [0, 0.1) is 0 Å². The predicted octanol–water partition coefficient (Wildman–Crippen LogP) is 1.79. The van der Waals surface area contributed by atoms with Crippen molar-refractivity contribution in [2.45, 2.75) is 25.8 Å². The van der Waals surface area contributed by atoms with Crippen molar-refractivity contribution in [3.05, 3.63) is 42.2 Å². The van der Waals surface area contributed by atoms with Crippen LogP contribution in [0.2, 0.25) is 0 Å². The van der Waals surface area contributed by atoms with Gasteiger partial charge in [0.05, 0.1) is 6.04 Å². The molecule has 2 heterocycles. The first kappa shape index (κ1) is 14.0. The van der Waals surface area contributed by atoms with E-state index < -0.39 is 5.91 Å². The Hall–Kier alpha value is -2.37. The van der Waals surface area contributed by atoms with Crippen molar-refractivity contribution in [3.8, 4) is 5.75 Å². The van der Waals surface area contributed by atoms with E-state index in [1.165, 1.54) is 12.3 Å². The topological polar surface area (TPSA) is 80.0 Å². The van der Waals surface area contributed by atoms with Gasteiger partial charge in [-0.25, -0.2) is 9.97 Å². The quantitative estimate of drug-likeness (QED) is 0.871. The molecule has 2 N–H and O–H groups in total. The van der Waals surface area contributed by atoms with E-state index in [4.69, 9.17) is 0 Å². The number of hydrogen-bond donors (Lipinski definition) is 2. The average Bonchev–Trinajstić information content (AvgIpc) is 2.85. The number of rotatable bonds is 5. The smallest absolute Gasteiger partial charge is 0.274 e. The van der Waals surface area contributed by atoms with Gasteiger partial charge in [-0.15, -0.1) is 0 Å². The Morgan fingerprint density at radius 3 is 2.85 bits per heavy atom. The van der Waals surface area contributed by atoms with Gasteiger partial charge >= 0.3 is 0 Å². The highest BCUT2D eigenvalue weighted by Gasteiger charge is 2.20. The van der Waals surface area contributed by atoms with E-state index in [-0.39, 0.29) is 17.5 Å². The maximum Gasteiger partial charge on any atom is 0.274 e. The highest BCUT2D eigenvalue weighted by atomic mass is 16.3. The zero-order valence-electron chi connectivity index (χ0n) is 11.6. The molecule has 0 unspecified atom stereocenters. The van der Waals surface area contributed by atoms with Crippen LogP contribution in [0.1, 0.15) is 42.1 Å². The molecule has 0 aliphatic carbocycles. The molecule has 0 fully saturated rings. The fraction of sp³-hybridized carbons (Fsp3) is 0.357. The minimum atomic E-state index is -0.399. The van der Waals surface area contributed by atoms with Gasteiger partial charge in [0.25, 0.3) is 5.91 Å². The second-order valence-corrected chi connectivity index (χ2v) is 4.58. The minimum absolute atomic E-state index is 0.0304. The molecule has 0 radical (unpaired) electrons. The first-order valence-electron chi connectivity index (χ1n) is 6.55. The van der Waals surface area contributed by atoms with Crippen molar-refractivity contribution < 1.29 is 9.90 Å². The molecule has 2 aromatic heterocycles. The highest BCUT2D eigenvalue weighted by molar-refractivity contribution is 5.94. The van der Waals surface area contributed by atoms with Gasteiger partial charge in [0.2, 0.25) is 0 Å². The molecule has 106 valence electrons. The van der Waals surface area contributed by atoms with Gasteiger partial charge in [-0.1, -0.05) is 13.3 Å². The Balaban J connectivity index is 2.19. The number of amides is 1. The summed E-state index contributed by atoms with van der Waals surface area (Å²) in [5.41, 5.74) is 0.0304. The third-order valence-electron chi connectivity index (χ3n) is 3.05. The lowest BCUT2D eigenvalue weighted by molar-refractivity contribution is 0.0924. The third kappa shape index (κ3) is 2.96. The van der Waals surface area contributed by atoms with E-state index in [2.05, 4.69) is 15.3 Å². The van der Waals surface area contributed by atoms with Crippen LogP contribution in [0.5, 0.6) is 5.75 Å². The van der Waals surface area contributed by atoms with Crippen LogP contribution in [0.4, 0.5) is 0 Å². The summed E-state index contributed by atoms with van der Waals surface area (Å²) < 4.78 is 1.87. The molecule has 2 rings (SSSR count).